The van der Waals surface area contributed by atoms with Crippen LogP contribution < -0.4 is 5.32 Å². The summed E-state index contributed by atoms with van der Waals surface area (Å²) in [5.41, 5.74) is 1.76. The molecule has 5 heteroatoms. The molecule has 2 aliphatic carbocycles. The highest BCUT2D eigenvalue weighted by atomic mass is 35.5. The fourth-order valence-corrected chi connectivity index (χ4v) is 3.46. The molecule has 0 aliphatic heterocycles. The molecule has 2 saturated carbocycles. The second-order valence-electron chi connectivity index (χ2n) is 6.62. The van der Waals surface area contributed by atoms with Crippen molar-refractivity contribution in [2.45, 2.75) is 38.6 Å². The molecule has 0 spiro atoms. The Kier molecular flexibility index (Phi) is 3.64. The third-order valence-electron chi connectivity index (χ3n) is 4.78. The summed E-state index contributed by atoms with van der Waals surface area (Å²) >= 11 is 6.26. The first-order chi connectivity index (χ1) is 11.1. The average molecular weight is 331 g/mol. The van der Waals surface area contributed by atoms with Crippen LogP contribution in [0.5, 0.6) is 0 Å². The minimum atomic E-state index is -0.0949. The summed E-state index contributed by atoms with van der Waals surface area (Å²) < 4.78 is 5.29. The quantitative estimate of drug-likeness (QED) is 0.892. The van der Waals surface area contributed by atoms with Crippen LogP contribution in [0.1, 0.15) is 41.8 Å². The normalized spacial score (nSPS) is 17.5. The van der Waals surface area contributed by atoms with Gasteiger partial charge in [0.05, 0.1) is 5.02 Å². The number of rotatable bonds is 5. The van der Waals surface area contributed by atoms with E-state index in [0.29, 0.717) is 39.9 Å². The summed E-state index contributed by atoms with van der Waals surface area (Å²) in [6.45, 7) is 1.77. The van der Waals surface area contributed by atoms with Crippen LogP contribution in [0.15, 0.2) is 28.8 Å². The highest BCUT2D eigenvalue weighted by Gasteiger charge is 2.42. The van der Waals surface area contributed by atoms with Crippen LogP contribution >= 0.6 is 11.6 Å². The molecular weight excluding hydrogens is 312 g/mol. The first-order valence-electron chi connectivity index (χ1n) is 8.17. The predicted molar refractivity (Wildman–Crippen MR) is 88.4 cm³/mol. The van der Waals surface area contributed by atoms with Crippen molar-refractivity contribution in [3.63, 3.8) is 0 Å². The number of amides is 1. The van der Waals surface area contributed by atoms with E-state index in [-0.39, 0.29) is 5.91 Å². The summed E-state index contributed by atoms with van der Waals surface area (Å²) in [6, 6.07) is 7.68. The molecule has 2 aliphatic rings. The fourth-order valence-electron chi connectivity index (χ4n) is 3.23. The molecule has 1 N–H and O–H groups in total. The number of carbonyl (C=O) groups excluding carboxylic acids is 1. The van der Waals surface area contributed by atoms with Crippen LogP contribution in [0.4, 0.5) is 0 Å². The van der Waals surface area contributed by atoms with Crippen LogP contribution in [0.2, 0.25) is 5.02 Å². The van der Waals surface area contributed by atoms with Crippen molar-refractivity contribution < 1.29 is 9.32 Å². The summed E-state index contributed by atoms with van der Waals surface area (Å²) in [5, 5.41) is 7.87. The molecular formula is C18H19ClN2O2. The zero-order valence-corrected chi connectivity index (χ0v) is 13.8. The molecule has 0 atom stereocenters. The number of nitrogens with one attached hydrogen (secondary N) is 1. The molecule has 1 amide bonds. The van der Waals surface area contributed by atoms with Crippen LogP contribution in [-0.2, 0) is 0 Å². The number of hydrogen-bond donors (Lipinski definition) is 1. The SMILES string of the molecule is Cc1onc(-c2ccccc2Cl)c1C(=O)NC(C1CC1)C1CC1. The molecule has 0 radical (unpaired) electrons. The lowest BCUT2D eigenvalue weighted by molar-refractivity contribution is 0.0925. The molecule has 1 aromatic carbocycles. The molecule has 0 bridgehead atoms. The van der Waals surface area contributed by atoms with Crippen LogP contribution in [0.3, 0.4) is 0 Å². The van der Waals surface area contributed by atoms with Crippen LogP contribution in [0, 0.1) is 18.8 Å². The minimum Gasteiger partial charge on any atom is -0.360 e. The molecule has 23 heavy (non-hydrogen) atoms. The van der Waals surface area contributed by atoms with E-state index in [2.05, 4.69) is 10.5 Å². The molecule has 2 aromatic rings. The number of carbonyl (C=O) groups is 1. The standard InChI is InChI=1S/C18H19ClN2O2/c1-10-15(17(21-23-10)13-4-2-3-5-14(13)19)18(22)20-16(11-6-7-11)12-8-9-12/h2-5,11-12,16H,6-9H2,1H3,(H,20,22). The number of aryl methyl sites for hydroxylation is 1. The average Bonchev–Trinajstić information content (AvgIpc) is 3.44. The maximum Gasteiger partial charge on any atom is 0.257 e. The topological polar surface area (TPSA) is 55.1 Å². The molecule has 4 rings (SSSR count). The lowest BCUT2D eigenvalue weighted by Crippen LogP contribution is -2.38. The van der Waals surface area contributed by atoms with Crippen molar-refractivity contribution in [2.24, 2.45) is 11.8 Å². The van der Waals surface area contributed by atoms with E-state index in [1.165, 1.54) is 25.7 Å². The van der Waals surface area contributed by atoms with Crippen molar-refractivity contribution in [3.8, 4) is 11.3 Å². The van der Waals surface area contributed by atoms with E-state index in [4.69, 9.17) is 16.1 Å². The largest absolute Gasteiger partial charge is 0.360 e. The summed E-state index contributed by atoms with van der Waals surface area (Å²) in [4.78, 5) is 12.9. The minimum absolute atomic E-state index is 0.0949. The Labute approximate surface area is 140 Å². The van der Waals surface area contributed by atoms with Gasteiger partial charge in [0.1, 0.15) is 17.0 Å². The van der Waals surface area contributed by atoms with Crippen molar-refractivity contribution in [2.75, 3.05) is 0 Å². The number of hydrogen-bond acceptors (Lipinski definition) is 3. The molecule has 0 unspecified atom stereocenters. The van der Waals surface area contributed by atoms with Crippen molar-refractivity contribution >= 4 is 17.5 Å². The molecule has 4 nitrogen and oxygen atoms in total. The van der Waals surface area contributed by atoms with E-state index >= 15 is 0 Å². The Balaban J connectivity index is 1.64. The molecule has 1 heterocycles. The Morgan fingerprint density at radius 1 is 1.26 bits per heavy atom. The number of halogens is 1. The van der Waals surface area contributed by atoms with E-state index in [1.807, 2.05) is 18.2 Å². The van der Waals surface area contributed by atoms with Gasteiger partial charge in [0.25, 0.3) is 5.91 Å². The van der Waals surface area contributed by atoms with Crippen molar-refractivity contribution in [3.05, 3.63) is 40.6 Å². The molecule has 0 saturated heterocycles. The van der Waals surface area contributed by atoms with Gasteiger partial charge in [-0.1, -0.05) is 35.0 Å². The molecule has 1 aromatic heterocycles. The molecule has 2 fully saturated rings. The zero-order valence-electron chi connectivity index (χ0n) is 13.0. The smallest absolute Gasteiger partial charge is 0.257 e. The van der Waals surface area contributed by atoms with E-state index in [9.17, 15) is 4.79 Å². The highest BCUT2D eigenvalue weighted by Crippen LogP contribution is 2.44. The van der Waals surface area contributed by atoms with Gasteiger partial charge in [-0.15, -0.1) is 0 Å². The summed E-state index contributed by atoms with van der Waals surface area (Å²) in [6.07, 6.45) is 4.89. The first-order valence-corrected chi connectivity index (χ1v) is 8.55. The maximum atomic E-state index is 12.9. The number of nitrogens with zero attached hydrogens (tertiary/aromatic N) is 1. The first kappa shape index (κ1) is 14.8. The van der Waals surface area contributed by atoms with Gasteiger partial charge in [0, 0.05) is 11.6 Å². The lowest BCUT2D eigenvalue weighted by Gasteiger charge is -2.17. The van der Waals surface area contributed by atoms with Gasteiger partial charge in [-0.25, -0.2) is 0 Å². The Hall–Kier alpha value is -1.81. The van der Waals surface area contributed by atoms with Gasteiger partial charge in [-0.05, 0) is 50.5 Å². The lowest BCUT2D eigenvalue weighted by atomic mass is 10.0. The van der Waals surface area contributed by atoms with Gasteiger partial charge in [0.15, 0.2) is 0 Å². The Morgan fingerprint density at radius 3 is 2.52 bits per heavy atom. The van der Waals surface area contributed by atoms with Crippen molar-refractivity contribution in [1.82, 2.24) is 10.5 Å². The zero-order chi connectivity index (χ0) is 16.0. The summed E-state index contributed by atoms with van der Waals surface area (Å²) in [7, 11) is 0. The summed E-state index contributed by atoms with van der Waals surface area (Å²) in [5.74, 6) is 1.73. The van der Waals surface area contributed by atoms with Gasteiger partial charge in [-0.2, -0.15) is 0 Å². The van der Waals surface area contributed by atoms with Gasteiger partial charge in [-0.3, -0.25) is 4.79 Å². The van der Waals surface area contributed by atoms with Crippen LogP contribution in [0.25, 0.3) is 11.3 Å². The van der Waals surface area contributed by atoms with Gasteiger partial charge >= 0.3 is 0 Å². The fraction of sp³-hybridized carbons (Fsp3) is 0.444. The number of benzene rings is 1. The van der Waals surface area contributed by atoms with Crippen LogP contribution in [-0.4, -0.2) is 17.1 Å². The predicted octanol–water partition coefficient (Wildman–Crippen LogP) is 4.22. The van der Waals surface area contributed by atoms with E-state index in [0.717, 1.165) is 5.56 Å². The molecule has 120 valence electrons. The highest BCUT2D eigenvalue weighted by molar-refractivity contribution is 6.33. The maximum absolute atomic E-state index is 12.9. The monoisotopic (exact) mass is 330 g/mol. The van der Waals surface area contributed by atoms with Gasteiger partial charge < -0.3 is 9.84 Å². The third-order valence-corrected chi connectivity index (χ3v) is 5.11. The van der Waals surface area contributed by atoms with E-state index in [1.54, 1.807) is 13.0 Å². The van der Waals surface area contributed by atoms with E-state index < -0.39 is 0 Å². The van der Waals surface area contributed by atoms with Crippen molar-refractivity contribution in [1.29, 1.82) is 0 Å². The third kappa shape index (κ3) is 2.88. The van der Waals surface area contributed by atoms with Gasteiger partial charge in [0.2, 0.25) is 0 Å². The Bertz CT molecular complexity index is 735. The second-order valence-corrected chi connectivity index (χ2v) is 7.02. The second kappa shape index (κ2) is 5.68. The number of aromatic nitrogens is 1. The Morgan fingerprint density at radius 2 is 1.91 bits per heavy atom.